The Morgan fingerprint density at radius 1 is 0.289 bits per heavy atom. The van der Waals surface area contributed by atoms with E-state index >= 15 is 0 Å². The lowest BCUT2D eigenvalue weighted by Crippen LogP contribution is -1.92. The molecule has 1 heterocycles. The molecule has 0 radical (unpaired) electrons. The predicted molar refractivity (Wildman–Crippen MR) is 190 cm³/mol. The molecule has 1 heteroatoms. The van der Waals surface area contributed by atoms with Crippen molar-refractivity contribution in [1.82, 2.24) is 0 Å². The lowest BCUT2D eigenvalue weighted by molar-refractivity contribution is 0.669. The van der Waals surface area contributed by atoms with Gasteiger partial charge in [0.05, 0.1) is 38.4 Å². The van der Waals surface area contributed by atoms with Crippen LogP contribution in [0, 0.1) is 0 Å². The third-order valence-corrected chi connectivity index (χ3v) is 7.01. The molecule has 9 aromatic rings. The highest BCUT2D eigenvalue weighted by Gasteiger charge is 2.19. The van der Waals surface area contributed by atoms with Crippen molar-refractivity contribution in [3.05, 3.63) is 169 Å². The normalized spacial score (nSPS) is 20.3. The molecule has 9 rings (SSSR count). The third kappa shape index (κ3) is 4.24. The summed E-state index contributed by atoms with van der Waals surface area (Å²) in [4.78, 5) is 0. The summed E-state index contributed by atoms with van der Waals surface area (Å²) in [7, 11) is 0. The monoisotopic (exact) mass is 600 g/mol. The fourth-order valence-electron chi connectivity index (χ4n) is 5.15. The number of hydrogen-bond donors (Lipinski definition) is 0. The standard InChI is InChI=1S/C44H28O/c1-3-13-29(14-4-1)32-25-33(30-15-5-2-6-16-30)27-34(26-32)44-38-20-9-7-18-36(38)43(37-19-8-10-21-39(37)44)31-23-24-42-40(28-31)35-17-11-12-22-41(35)45-42/h1-28H/i1D,2D,3D,4D,5D,6D,7D,8D,9D,10D,11D,12D,13D,14D,15D,16D,17D,18D,19D,20D,21D,22D,23D,24D,25D,26D,27D,28D. The number of benzene rings is 8. The largest absolute Gasteiger partial charge is 0.456 e. The van der Waals surface area contributed by atoms with Crippen molar-refractivity contribution < 1.29 is 42.8 Å². The summed E-state index contributed by atoms with van der Waals surface area (Å²) in [6.45, 7) is 0. The molecule has 45 heavy (non-hydrogen) atoms. The van der Waals surface area contributed by atoms with Gasteiger partial charge in [-0.05, 0) is 102 Å². The van der Waals surface area contributed by atoms with Gasteiger partial charge in [-0.3, -0.25) is 0 Å². The van der Waals surface area contributed by atoms with Crippen LogP contribution < -0.4 is 0 Å². The molecule has 0 N–H and O–H groups in total. The lowest BCUT2D eigenvalue weighted by atomic mass is 9.84. The molecule has 1 aromatic heterocycles. The van der Waals surface area contributed by atoms with Crippen LogP contribution in [0.2, 0.25) is 0 Å². The van der Waals surface area contributed by atoms with Crippen LogP contribution in [0.15, 0.2) is 174 Å². The fraction of sp³-hybridized carbons (Fsp3) is 0. The molecule has 0 amide bonds. The highest BCUT2D eigenvalue weighted by Crippen LogP contribution is 2.46. The van der Waals surface area contributed by atoms with Crippen LogP contribution in [0.1, 0.15) is 38.4 Å². The van der Waals surface area contributed by atoms with E-state index in [9.17, 15) is 12.3 Å². The Bertz CT molecular complexity index is 3880. The second kappa shape index (κ2) is 10.4. The van der Waals surface area contributed by atoms with Crippen molar-refractivity contribution in [2.45, 2.75) is 0 Å². The van der Waals surface area contributed by atoms with Gasteiger partial charge in [-0.1, -0.05) is 133 Å². The second-order valence-electron chi connectivity index (χ2n) is 9.51. The Balaban J connectivity index is 1.66. The molecule has 0 spiro atoms. The van der Waals surface area contributed by atoms with Gasteiger partial charge >= 0.3 is 0 Å². The average Bonchev–Trinajstić information content (AvgIpc) is 3.77. The second-order valence-corrected chi connectivity index (χ2v) is 9.51. The quantitative estimate of drug-likeness (QED) is 0.183. The molecular formula is C44H28O. The van der Waals surface area contributed by atoms with E-state index in [-0.39, 0.29) is 0 Å². The number of para-hydroxylation sites is 1. The molecule has 0 bridgehead atoms. The average molecular weight is 601 g/mol. The third-order valence-electron chi connectivity index (χ3n) is 7.01. The van der Waals surface area contributed by atoms with Gasteiger partial charge in [-0.15, -0.1) is 0 Å². The molecule has 0 saturated carbocycles. The summed E-state index contributed by atoms with van der Waals surface area (Å²) < 4.78 is 257. The molecule has 210 valence electrons. The van der Waals surface area contributed by atoms with E-state index in [1.807, 2.05) is 0 Å². The van der Waals surface area contributed by atoms with Gasteiger partial charge in [0, 0.05) is 10.8 Å². The molecule has 0 saturated heterocycles. The Morgan fingerprint density at radius 2 is 0.711 bits per heavy atom. The SMILES string of the molecule is [2H]c1c([2H])c([2H])c(-c2c([2H])c(-c3c([2H])c([2H])c([2H])c([2H])c3[2H])c([2H])c(-c3c4c([2H])c([2H])c([2H])c([2H])c4c(-c4c([2H])c([2H])c5oc6c([2H])c([2H])c([2H])c([2H])c6c5c4[2H])c4c([2H])c([2H])c([2H])c([2H])c34)c2[2H])c([2H])c1[2H]. The van der Waals surface area contributed by atoms with Crippen molar-refractivity contribution in [3.63, 3.8) is 0 Å². The number of hydrogen-bond acceptors (Lipinski definition) is 1. The van der Waals surface area contributed by atoms with Gasteiger partial charge in [0.1, 0.15) is 11.2 Å². The van der Waals surface area contributed by atoms with Crippen molar-refractivity contribution in [2.75, 3.05) is 0 Å². The van der Waals surface area contributed by atoms with Crippen LogP contribution in [0.5, 0.6) is 0 Å². The first-order valence-corrected chi connectivity index (χ1v) is 13.2. The summed E-state index contributed by atoms with van der Waals surface area (Å²) in [5, 5.41) is -4.22. The summed E-state index contributed by atoms with van der Waals surface area (Å²) in [6, 6.07) is -27.6. The zero-order valence-corrected chi connectivity index (χ0v) is 22.4. The maximum Gasteiger partial charge on any atom is 0.135 e. The van der Waals surface area contributed by atoms with Crippen LogP contribution in [-0.4, -0.2) is 0 Å². The Kier molecular flexibility index (Phi) is 2.32. The minimum atomic E-state index is -1.16. The summed E-state index contributed by atoms with van der Waals surface area (Å²) >= 11 is 0. The van der Waals surface area contributed by atoms with Gasteiger partial charge < -0.3 is 4.42 Å². The van der Waals surface area contributed by atoms with Crippen LogP contribution >= 0.6 is 0 Å². The minimum absolute atomic E-state index is 0.455. The van der Waals surface area contributed by atoms with E-state index in [2.05, 4.69) is 0 Å². The van der Waals surface area contributed by atoms with Crippen LogP contribution in [0.25, 0.3) is 88.0 Å². The zero-order valence-electron chi connectivity index (χ0n) is 50.4. The van der Waals surface area contributed by atoms with E-state index in [1.54, 1.807) is 0 Å². The summed E-state index contributed by atoms with van der Waals surface area (Å²) in [6.07, 6.45) is 0. The first-order valence-electron chi connectivity index (χ1n) is 27.2. The number of furan rings is 1. The number of fused-ring (bicyclic) bond motifs is 5. The maximum absolute atomic E-state index is 9.89. The summed E-state index contributed by atoms with van der Waals surface area (Å²) in [5.41, 5.74) is -8.24. The zero-order chi connectivity index (χ0) is 54.1. The highest BCUT2D eigenvalue weighted by molar-refractivity contribution is 6.22. The fourth-order valence-corrected chi connectivity index (χ4v) is 5.15. The van der Waals surface area contributed by atoms with Crippen molar-refractivity contribution in [3.8, 4) is 44.5 Å². The summed E-state index contributed by atoms with van der Waals surface area (Å²) in [5.74, 6) is 0. The Labute approximate surface area is 301 Å². The molecule has 0 unspecified atom stereocenters. The van der Waals surface area contributed by atoms with E-state index < -0.39 is 257 Å². The van der Waals surface area contributed by atoms with Crippen LogP contribution in [0.3, 0.4) is 0 Å². The molecule has 0 aliphatic carbocycles. The van der Waals surface area contributed by atoms with Gasteiger partial charge in [-0.25, -0.2) is 0 Å². The first kappa shape index (κ1) is 10.1. The highest BCUT2D eigenvalue weighted by atomic mass is 16.3. The van der Waals surface area contributed by atoms with E-state index in [0.717, 1.165) is 0 Å². The first-order chi connectivity index (χ1) is 34.0. The molecule has 0 atom stereocenters. The van der Waals surface area contributed by atoms with Crippen molar-refractivity contribution in [1.29, 1.82) is 0 Å². The van der Waals surface area contributed by atoms with E-state index in [0.29, 0.717) is 0 Å². The molecule has 8 aromatic carbocycles. The van der Waals surface area contributed by atoms with Gasteiger partial charge in [-0.2, -0.15) is 0 Å². The van der Waals surface area contributed by atoms with E-state index in [1.165, 1.54) is 0 Å². The van der Waals surface area contributed by atoms with Crippen LogP contribution in [-0.2, 0) is 0 Å². The minimum Gasteiger partial charge on any atom is -0.456 e. The molecule has 0 aliphatic heterocycles. The maximum atomic E-state index is 9.89. The van der Waals surface area contributed by atoms with Crippen molar-refractivity contribution >= 4 is 43.5 Å². The topological polar surface area (TPSA) is 13.1 Å². The Morgan fingerprint density at radius 3 is 1.27 bits per heavy atom. The molecule has 0 aliphatic rings. The van der Waals surface area contributed by atoms with Crippen LogP contribution in [0.4, 0.5) is 0 Å². The smallest absolute Gasteiger partial charge is 0.135 e. The molecule has 0 fully saturated rings. The lowest BCUT2D eigenvalue weighted by Gasteiger charge is -2.19. The van der Waals surface area contributed by atoms with Gasteiger partial charge in [0.2, 0.25) is 0 Å². The van der Waals surface area contributed by atoms with Gasteiger partial charge in [0.25, 0.3) is 0 Å². The number of rotatable bonds is 4. The molecular weight excluding hydrogens is 544 g/mol. The van der Waals surface area contributed by atoms with E-state index in [4.69, 9.17) is 30.5 Å². The predicted octanol–water partition coefficient (Wildman–Crippen LogP) is 12.6. The Hall–Kier alpha value is -5.92. The molecule has 1 nitrogen and oxygen atoms in total. The van der Waals surface area contributed by atoms with Crippen molar-refractivity contribution in [2.24, 2.45) is 0 Å². The van der Waals surface area contributed by atoms with Gasteiger partial charge in [0.15, 0.2) is 0 Å².